The van der Waals surface area contributed by atoms with E-state index in [0.717, 1.165) is 18.5 Å². The van der Waals surface area contributed by atoms with Crippen LogP contribution in [-0.4, -0.2) is 22.4 Å². The molecule has 0 unspecified atom stereocenters. The van der Waals surface area contributed by atoms with Crippen LogP contribution in [0.5, 0.6) is 0 Å². The summed E-state index contributed by atoms with van der Waals surface area (Å²) in [5.41, 5.74) is 2.67. The maximum atomic E-state index is 12.1. The molecule has 0 atom stereocenters. The van der Waals surface area contributed by atoms with Crippen molar-refractivity contribution < 1.29 is 4.79 Å². The Morgan fingerprint density at radius 1 is 1.10 bits per heavy atom. The molecular weight excluding hydrogens is 264 g/mol. The van der Waals surface area contributed by atoms with Gasteiger partial charge in [0.25, 0.3) is 5.91 Å². The Kier molecular flexibility index (Phi) is 5.26. The van der Waals surface area contributed by atoms with E-state index >= 15 is 0 Å². The number of aryl methyl sites for hydroxylation is 1. The van der Waals surface area contributed by atoms with Crippen molar-refractivity contribution in [2.45, 2.75) is 26.8 Å². The number of carbonyl (C=O) groups is 1. The number of hydrogen-bond acceptors (Lipinski definition) is 4. The molecule has 5 heteroatoms. The van der Waals surface area contributed by atoms with Crippen molar-refractivity contribution >= 4 is 11.7 Å². The normalized spacial score (nSPS) is 10.2. The molecule has 21 heavy (non-hydrogen) atoms. The Morgan fingerprint density at radius 3 is 2.48 bits per heavy atom. The second kappa shape index (κ2) is 7.38. The lowest BCUT2D eigenvalue weighted by Crippen LogP contribution is -2.24. The van der Waals surface area contributed by atoms with Gasteiger partial charge in [-0.1, -0.05) is 31.2 Å². The fraction of sp³-hybridized carbons (Fsp3) is 0.312. The molecule has 0 bridgehead atoms. The van der Waals surface area contributed by atoms with Crippen molar-refractivity contribution in [2.75, 3.05) is 11.9 Å². The van der Waals surface area contributed by atoms with E-state index in [1.807, 2.05) is 19.1 Å². The summed E-state index contributed by atoms with van der Waals surface area (Å²) < 4.78 is 0. The van der Waals surface area contributed by atoms with Gasteiger partial charge in [0.05, 0.1) is 12.4 Å². The van der Waals surface area contributed by atoms with Crippen molar-refractivity contribution in [3.05, 3.63) is 53.5 Å². The van der Waals surface area contributed by atoms with Crippen LogP contribution >= 0.6 is 0 Å². The molecule has 0 saturated carbocycles. The lowest BCUT2D eigenvalue weighted by atomic mass is 10.1. The van der Waals surface area contributed by atoms with Crippen molar-refractivity contribution in [2.24, 2.45) is 0 Å². The van der Waals surface area contributed by atoms with Crippen molar-refractivity contribution in [3.63, 3.8) is 0 Å². The molecule has 5 nitrogen and oxygen atoms in total. The Balaban J connectivity index is 1.95. The van der Waals surface area contributed by atoms with Gasteiger partial charge in [0.15, 0.2) is 0 Å². The lowest BCUT2D eigenvalue weighted by Gasteiger charge is -2.07. The van der Waals surface area contributed by atoms with Gasteiger partial charge in [0, 0.05) is 13.1 Å². The zero-order chi connectivity index (χ0) is 15.1. The molecule has 2 N–H and O–H groups in total. The molecule has 1 aromatic carbocycles. The predicted molar refractivity (Wildman–Crippen MR) is 83.2 cm³/mol. The summed E-state index contributed by atoms with van der Waals surface area (Å²) in [6.07, 6.45) is 4.08. The Hall–Kier alpha value is -2.43. The van der Waals surface area contributed by atoms with Gasteiger partial charge in [-0.05, 0) is 24.5 Å². The number of nitrogens with zero attached hydrogens (tertiary/aromatic N) is 2. The standard InChI is InChI=1S/C16H20N4O/c1-3-12-5-7-13(8-6-12)9-19-16(21)14-10-17-11-15(20-14)18-4-2/h5-8,10-11H,3-4,9H2,1-2H3,(H,18,20)(H,19,21). The Bertz CT molecular complexity index is 595. The third kappa shape index (κ3) is 4.27. The van der Waals surface area contributed by atoms with Crippen LogP contribution in [0.3, 0.4) is 0 Å². The van der Waals surface area contributed by atoms with E-state index < -0.39 is 0 Å². The smallest absolute Gasteiger partial charge is 0.271 e. The minimum Gasteiger partial charge on any atom is -0.369 e. The van der Waals surface area contributed by atoms with Gasteiger partial charge in [-0.3, -0.25) is 9.78 Å². The van der Waals surface area contributed by atoms with Crippen molar-refractivity contribution in [1.29, 1.82) is 0 Å². The molecule has 0 aliphatic rings. The molecule has 0 radical (unpaired) electrons. The number of benzene rings is 1. The average molecular weight is 284 g/mol. The Labute approximate surface area is 124 Å². The summed E-state index contributed by atoms with van der Waals surface area (Å²) in [5.74, 6) is 0.388. The van der Waals surface area contributed by atoms with Crippen LogP contribution in [0.1, 0.15) is 35.5 Å². The first-order valence-corrected chi connectivity index (χ1v) is 7.14. The summed E-state index contributed by atoms with van der Waals surface area (Å²) in [6.45, 7) is 5.31. The van der Waals surface area contributed by atoms with E-state index in [0.29, 0.717) is 18.1 Å². The highest BCUT2D eigenvalue weighted by Crippen LogP contribution is 2.06. The average Bonchev–Trinajstić information content (AvgIpc) is 2.53. The molecule has 2 rings (SSSR count). The van der Waals surface area contributed by atoms with Gasteiger partial charge in [-0.25, -0.2) is 4.98 Å². The molecule has 2 aromatic rings. The molecule has 0 saturated heterocycles. The van der Waals surface area contributed by atoms with Crippen molar-refractivity contribution in [1.82, 2.24) is 15.3 Å². The highest BCUT2D eigenvalue weighted by molar-refractivity contribution is 5.92. The minimum absolute atomic E-state index is 0.221. The highest BCUT2D eigenvalue weighted by Gasteiger charge is 2.08. The molecule has 1 heterocycles. The van der Waals surface area contributed by atoms with Crippen LogP contribution in [0.2, 0.25) is 0 Å². The molecule has 0 aliphatic heterocycles. The maximum absolute atomic E-state index is 12.1. The van der Waals surface area contributed by atoms with Crippen LogP contribution in [0, 0.1) is 0 Å². The third-order valence-electron chi connectivity index (χ3n) is 3.11. The number of anilines is 1. The fourth-order valence-electron chi connectivity index (χ4n) is 1.91. The summed E-state index contributed by atoms with van der Waals surface area (Å²) in [5, 5.41) is 5.89. The van der Waals surface area contributed by atoms with Gasteiger partial charge in [-0.2, -0.15) is 0 Å². The summed E-state index contributed by atoms with van der Waals surface area (Å²) in [6, 6.07) is 8.21. The van der Waals surface area contributed by atoms with Gasteiger partial charge in [0.2, 0.25) is 0 Å². The summed E-state index contributed by atoms with van der Waals surface area (Å²) >= 11 is 0. The number of aromatic nitrogens is 2. The molecule has 0 spiro atoms. The summed E-state index contributed by atoms with van der Waals surface area (Å²) in [4.78, 5) is 20.3. The molecule has 1 aromatic heterocycles. The van der Waals surface area contributed by atoms with Gasteiger partial charge >= 0.3 is 0 Å². The molecule has 0 aliphatic carbocycles. The molecule has 110 valence electrons. The maximum Gasteiger partial charge on any atom is 0.271 e. The summed E-state index contributed by atoms with van der Waals surface area (Å²) in [7, 11) is 0. The SMILES string of the molecule is CCNc1cncc(C(=O)NCc2ccc(CC)cc2)n1. The first-order chi connectivity index (χ1) is 10.2. The number of hydrogen-bond donors (Lipinski definition) is 2. The van der Waals surface area contributed by atoms with Gasteiger partial charge < -0.3 is 10.6 Å². The fourth-order valence-corrected chi connectivity index (χ4v) is 1.91. The van der Waals surface area contributed by atoms with E-state index in [1.165, 1.54) is 11.8 Å². The first kappa shape index (κ1) is 15.0. The van der Waals surface area contributed by atoms with Crippen LogP contribution in [0.25, 0.3) is 0 Å². The first-order valence-electron chi connectivity index (χ1n) is 7.14. The second-order valence-electron chi connectivity index (χ2n) is 4.67. The molecular formula is C16H20N4O. The van der Waals surface area contributed by atoms with E-state index in [1.54, 1.807) is 6.20 Å². The van der Waals surface area contributed by atoms with Gasteiger partial charge in [0.1, 0.15) is 11.5 Å². The number of nitrogens with one attached hydrogen (secondary N) is 2. The lowest BCUT2D eigenvalue weighted by molar-refractivity contribution is 0.0945. The highest BCUT2D eigenvalue weighted by atomic mass is 16.1. The molecule has 1 amide bonds. The zero-order valence-electron chi connectivity index (χ0n) is 12.4. The topological polar surface area (TPSA) is 66.9 Å². The third-order valence-corrected chi connectivity index (χ3v) is 3.11. The van der Waals surface area contributed by atoms with E-state index in [2.05, 4.69) is 39.7 Å². The van der Waals surface area contributed by atoms with Crippen LogP contribution in [-0.2, 0) is 13.0 Å². The largest absolute Gasteiger partial charge is 0.369 e. The monoisotopic (exact) mass is 284 g/mol. The van der Waals surface area contributed by atoms with Gasteiger partial charge in [-0.15, -0.1) is 0 Å². The Morgan fingerprint density at radius 2 is 1.81 bits per heavy atom. The van der Waals surface area contributed by atoms with Crippen molar-refractivity contribution in [3.8, 4) is 0 Å². The van der Waals surface area contributed by atoms with E-state index in [9.17, 15) is 4.79 Å². The van der Waals surface area contributed by atoms with E-state index in [-0.39, 0.29) is 5.91 Å². The zero-order valence-corrected chi connectivity index (χ0v) is 12.4. The number of amides is 1. The number of carbonyl (C=O) groups excluding carboxylic acids is 1. The molecule has 0 fully saturated rings. The minimum atomic E-state index is -0.221. The predicted octanol–water partition coefficient (Wildman–Crippen LogP) is 2.40. The second-order valence-corrected chi connectivity index (χ2v) is 4.67. The van der Waals surface area contributed by atoms with Crippen LogP contribution in [0.4, 0.5) is 5.82 Å². The quantitative estimate of drug-likeness (QED) is 0.855. The van der Waals surface area contributed by atoms with Crippen LogP contribution < -0.4 is 10.6 Å². The van der Waals surface area contributed by atoms with E-state index in [4.69, 9.17) is 0 Å². The number of rotatable bonds is 6. The van der Waals surface area contributed by atoms with Crippen LogP contribution in [0.15, 0.2) is 36.7 Å².